The third kappa shape index (κ3) is 20.9. The van der Waals surface area contributed by atoms with Gasteiger partial charge in [0.25, 0.3) is 0 Å². The third-order valence-electron chi connectivity index (χ3n) is 3.44. The standard InChI is InChI=1S/C16H31NO4.2Na.2H/c1-2-3-4-5-6-7-8-9-10-11-12-21-16(20)14(17)13-15(18)19;;;;/h14H,2-13,17H2,1H3,(H,18,19);;;;/q;2*+1;2*-1. The number of hydrogen-bond donors (Lipinski definition) is 2. The van der Waals surface area contributed by atoms with E-state index in [-0.39, 0.29) is 68.4 Å². The molecule has 0 aromatic rings. The molecule has 3 N–H and O–H groups in total. The van der Waals surface area contributed by atoms with Gasteiger partial charge in [0.05, 0.1) is 13.0 Å². The van der Waals surface area contributed by atoms with Crippen molar-refractivity contribution in [2.75, 3.05) is 6.61 Å². The Bertz CT molecular complexity index is 301. The van der Waals surface area contributed by atoms with Gasteiger partial charge in [0.15, 0.2) is 0 Å². The number of ether oxygens (including phenoxy) is 1. The van der Waals surface area contributed by atoms with Gasteiger partial charge >= 0.3 is 71.1 Å². The van der Waals surface area contributed by atoms with E-state index >= 15 is 0 Å². The molecule has 0 fully saturated rings. The largest absolute Gasteiger partial charge is 1.00 e. The average molecular weight is 349 g/mol. The van der Waals surface area contributed by atoms with E-state index in [1.165, 1.54) is 44.9 Å². The zero-order valence-electron chi connectivity index (χ0n) is 17.3. The molecule has 128 valence electrons. The minimum Gasteiger partial charge on any atom is -1.00 e. The van der Waals surface area contributed by atoms with E-state index in [1.54, 1.807) is 0 Å². The van der Waals surface area contributed by atoms with Crippen molar-refractivity contribution in [3.8, 4) is 0 Å². The van der Waals surface area contributed by atoms with Gasteiger partial charge in [0, 0.05) is 0 Å². The monoisotopic (exact) mass is 349 g/mol. The van der Waals surface area contributed by atoms with Crippen LogP contribution >= 0.6 is 0 Å². The molecule has 0 bridgehead atoms. The molecule has 5 nitrogen and oxygen atoms in total. The summed E-state index contributed by atoms with van der Waals surface area (Å²) in [5, 5.41) is 8.51. The molecule has 7 heteroatoms. The smallest absolute Gasteiger partial charge is 1.00 e. The Morgan fingerprint density at radius 3 is 1.83 bits per heavy atom. The van der Waals surface area contributed by atoms with Crippen LogP contribution in [0.15, 0.2) is 0 Å². The number of carboxylic acids is 1. The number of unbranched alkanes of at least 4 members (excludes halogenated alkanes) is 9. The van der Waals surface area contributed by atoms with Crippen molar-refractivity contribution in [1.29, 1.82) is 0 Å². The van der Waals surface area contributed by atoms with Gasteiger partial charge < -0.3 is 18.4 Å². The van der Waals surface area contributed by atoms with E-state index in [2.05, 4.69) is 6.92 Å². The van der Waals surface area contributed by atoms with Crippen molar-refractivity contribution in [2.45, 2.75) is 83.6 Å². The average Bonchev–Trinajstić information content (AvgIpc) is 2.43. The van der Waals surface area contributed by atoms with E-state index < -0.39 is 18.0 Å². The van der Waals surface area contributed by atoms with Crippen LogP contribution in [0.1, 0.15) is 80.4 Å². The number of rotatable bonds is 14. The Hall–Kier alpha value is 0.900. The SMILES string of the molecule is CCCCCCCCCCCCOC(=O)C(N)CC(=O)O.[H-].[H-].[Na+].[Na+]. The number of aliphatic carboxylic acids is 1. The van der Waals surface area contributed by atoms with Gasteiger partial charge in [-0.05, 0) is 6.42 Å². The number of nitrogens with two attached hydrogens (primary N) is 1. The maximum absolute atomic E-state index is 11.3. The normalized spacial score (nSPS) is 11.0. The molecular weight excluding hydrogens is 316 g/mol. The summed E-state index contributed by atoms with van der Waals surface area (Å²) in [7, 11) is 0. The molecule has 0 aliphatic rings. The predicted octanol–water partition coefficient (Wildman–Crippen LogP) is -2.51. The van der Waals surface area contributed by atoms with E-state index in [0.717, 1.165) is 19.3 Å². The molecule has 0 saturated carbocycles. The first kappa shape index (κ1) is 28.7. The summed E-state index contributed by atoms with van der Waals surface area (Å²) >= 11 is 0. The van der Waals surface area contributed by atoms with E-state index in [4.69, 9.17) is 15.6 Å². The first-order valence-electron chi connectivity index (χ1n) is 8.22. The molecule has 0 rings (SSSR count). The predicted molar refractivity (Wildman–Crippen MR) is 85.3 cm³/mol. The zero-order valence-corrected chi connectivity index (χ0v) is 19.3. The van der Waals surface area contributed by atoms with Crippen molar-refractivity contribution < 1.29 is 81.4 Å². The van der Waals surface area contributed by atoms with Gasteiger partial charge in [-0.2, -0.15) is 0 Å². The van der Waals surface area contributed by atoms with Crippen LogP contribution in [0.2, 0.25) is 0 Å². The molecule has 0 heterocycles. The van der Waals surface area contributed by atoms with E-state index in [0.29, 0.717) is 6.61 Å². The molecule has 1 unspecified atom stereocenters. The van der Waals surface area contributed by atoms with Crippen LogP contribution in [0.3, 0.4) is 0 Å². The fourth-order valence-corrected chi connectivity index (χ4v) is 2.14. The van der Waals surface area contributed by atoms with Crippen LogP contribution in [0.25, 0.3) is 0 Å². The molecule has 0 radical (unpaired) electrons. The second-order valence-corrected chi connectivity index (χ2v) is 5.55. The van der Waals surface area contributed by atoms with Crippen LogP contribution < -0.4 is 64.8 Å². The van der Waals surface area contributed by atoms with Gasteiger partial charge in [-0.3, -0.25) is 9.59 Å². The van der Waals surface area contributed by atoms with Crippen molar-refractivity contribution in [2.24, 2.45) is 5.73 Å². The Morgan fingerprint density at radius 1 is 0.957 bits per heavy atom. The number of carboxylic acid groups (broad SMARTS) is 1. The summed E-state index contributed by atoms with van der Waals surface area (Å²) in [6.07, 6.45) is 11.8. The van der Waals surface area contributed by atoms with Crippen LogP contribution in [0.4, 0.5) is 0 Å². The van der Waals surface area contributed by atoms with Crippen molar-refractivity contribution in [1.82, 2.24) is 0 Å². The minimum absolute atomic E-state index is 0. The minimum atomic E-state index is -1.08. The summed E-state index contributed by atoms with van der Waals surface area (Å²) in [4.78, 5) is 21.7. The van der Waals surface area contributed by atoms with Crippen LogP contribution in [-0.2, 0) is 14.3 Å². The Labute approximate surface area is 188 Å². The van der Waals surface area contributed by atoms with Gasteiger partial charge in [-0.1, -0.05) is 64.7 Å². The number of esters is 1. The maximum atomic E-state index is 11.3. The summed E-state index contributed by atoms with van der Waals surface area (Å²) < 4.78 is 4.95. The van der Waals surface area contributed by atoms with Crippen molar-refractivity contribution >= 4 is 11.9 Å². The van der Waals surface area contributed by atoms with E-state index in [9.17, 15) is 9.59 Å². The molecule has 0 aromatic carbocycles. The number of carbonyl (C=O) groups is 2. The molecule has 0 amide bonds. The van der Waals surface area contributed by atoms with Crippen LogP contribution in [0, 0.1) is 0 Å². The summed E-state index contributed by atoms with van der Waals surface area (Å²) in [6, 6.07) is -1.05. The zero-order chi connectivity index (χ0) is 15.9. The summed E-state index contributed by atoms with van der Waals surface area (Å²) in [5.41, 5.74) is 5.39. The fraction of sp³-hybridized carbons (Fsp3) is 0.875. The second-order valence-electron chi connectivity index (χ2n) is 5.55. The Kier molecular flexibility index (Phi) is 26.1. The van der Waals surface area contributed by atoms with Crippen LogP contribution in [-0.4, -0.2) is 29.7 Å². The Morgan fingerprint density at radius 2 is 1.39 bits per heavy atom. The summed E-state index contributed by atoms with van der Waals surface area (Å²) in [6.45, 7) is 2.56. The fourth-order valence-electron chi connectivity index (χ4n) is 2.14. The maximum Gasteiger partial charge on any atom is 1.00 e. The molecule has 0 aliphatic carbocycles. The molecule has 0 saturated heterocycles. The molecule has 0 aliphatic heterocycles. The van der Waals surface area contributed by atoms with Crippen molar-refractivity contribution in [3.05, 3.63) is 0 Å². The van der Waals surface area contributed by atoms with Gasteiger partial charge in [-0.25, -0.2) is 0 Å². The van der Waals surface area contributed by atoms with E-state index in [1.807, 2.05) is 0 Å². The quantitative estimate of drug-likeness (QED) is 0.205. The molecular formula is C16H33NNa2O4. The summed E-state index contributed by atoms with van der Waals surface area (Å²) in [5.74, 6) is -1.70. The first-order valence-corrected chi connectivity index (χ1v) is 8.22. The molecule has 0 spiro atoms. The Balaban J connectivity index is -0.000000333. The molecule has 23 heavy (non-hydrogen) atoms. The molecule has 1 atom stereocenters. The topological polar surface area (TPSA) is 89.6 Å². The first-order chi connectivity index (χ1) is 10.1. The van der Waals surface area contributed by atoms with Crippen LogP contribution in [0.5, 0.6) is 0 Å². The number of hydrogen-bond acceptors (Lipinski definition) is 4. The second kappa shape index (κ2) is 20.9. The number of carbonyl (C=O) groups excluding carboxylic acids is 1. The molecule has 0 aromatic heterocycles. The van der Waals surface area contributed by atoms with Crippen molar-refractivity contribution in [3.63, 3.8) is 0 Å². The van der Waals surface area contributed by atoms with Gasteiger partial charge in [-0.15, -0.1) is 0 Å². The third-order valence-corrected chi connectivity index (χ3v) is 3.44. The van der Waals surface area contributed by atoms with Gasteiger partial charge in [0.2, 0.25) is 0 Å². The van der Waals surface area contributed by atoms with Gasteiger partial charge in [0.1, 0.15) is 6.04 Å².